The van der Waals surface area contributed by atoms with Crippen LogP contribution < -0.4 is 11.5 Å². The van der Waals surface area contributed by atoms with E-state index in [0.717, 1.165) is 19.0 Å². The Kier molecular flexibility index (Phi) is 10.7. The van der Waals surface area contributed by atoms with Gasteiger partial charge in [0.25, 0.3) is 0 Å². The van der Waals surface area contributed by atoms with Crippen molar-refractivity contribution in [1.29, 1.82) is 0 Å². The number of phosphoric acid groups is 4. The van der Waals surface area contributed by atoms with E-state index >= 15 is 0 Å². The smallest absolute Gasteiger partial charge is 0.390 e. The van der Waals surface area contributed by atoms with Gasteiger partial charge in [-0.3, -0.25) is 18.2 Å². The summed E-state index contributed by atoms with van der Waals surface area (Å²) < 4.78 is 83.9. The number of aliphatic hydroxyl groups excluding tert-OH is 3. The molecule has 2 aliphatic rings. The lowest BCUT2D eigenvalue weighted by Gasteiger charge is -2.21. The average molecular weight is 820 g/mol. The van der Waals surface area contributed by atoms with Crippen LogP contribution in [0.25, 0.3) is 22.3 Å². The Balaban J connectivity index is 1.00. The lowest BCUT2D eigenvalue weighted by molar-refractivity contribution is -0.0503. The first-order chi connectivity index (χ1) is 24.2. The summed E-state index contributed by atoms with van der Waals surface area (Å²) >= 11 is 0. The highest BCUT2D eigenvalue weighted by Crippen LogP contribution is 2.71. The number of hydrogen-bond acceptors (Lipinski definition) is 22. The van der Waals surface area contributed by atoms with Gasteiger partial charge in [-0.15, -0.1) is 0 Å². The summed E-state index contributed by atoms with van der Waals surface area (Å²) in [4.78, 5) is 63.2. The summed E-state index contributed by atoms with van der Waals surface area (Å²) in [6.07, 6.45) is -5.44. The van der Waals surface area contributed by atoms with Gasteiger partial charge in [-0.25, -0.2) is 48.2 Å². The highest BCUT2D eigenvalue weighted by atomic mass is 31.3. The minimum absolute atomic E-state index is 0.00564. The van der Waals surface area contributed by atoms with Gasteiger partial charge in [0, 0.05) is 6.42 Å². The summed E-state index contributed by atoms with van der Waals surface area (Å²) in [5.41, 5.74) is 12.2. The molecule has 2 aliphatic heterocycles. The number of nitrogens with two attached hydrogens (primary N) is 2. The zero-order chi connectivity index (χ0) is 37.8. The maximum absolute atomic E-state index is 12.4. The van der Waals surface area contributed by atoms with Gasteiger partial charge in [-0.2, -0.15) is 12.9 Å². The minimum atomic E-state index is -6.15. The number of hydrogen-bond donors (Lipinski definition) is 9. The molecule has 0 aliphatic carbocycles. The van der Waals surface area contributed by atoms with Crippen molar-refractivity contribution in [3.63, 3.8) is 0 Å². The number of nitrogen functional groups attached to an aromatic ring is 2. The van der Waals surface area contributed by atoms with Gasteiger partial charge in [-0.1, -0.05) is 0 Å². The van der Waals surface area contributed by atoms with Gasteiger partial charge in [0.05, 0.1) is 32.0 Å². The van der Waals surface area contributed by atoms with Crippen LogP contribution in [0.4, 0.5) is 11.6 Å². The number of ether oxygens (including phenoxy) is 2. The van der Waals surface area contributed by atoms with Crippen molar-refractivity contribution in [2.24, 2.45) is 0 Å². The SMILES string of the molecule is Nc1ncnc2c1ncn2[C@@H]1O[C@H](COP(=O)(O)OP(=O)(O)OP(=O)(O)OP(=O)(O)OC[C@H]2O[C@@H](n3cnc4c(N)ncnc43)C[C@@H]2O)[C@@H](O)[C@H]1O. The molecule has 0 bridgehead atoms. The van der Waals surface area contributed by atoms with E-state index in [1.807, 2.05) is 0 Å². The minimum Gasteiger partial charge on any atom is -0.390 e. The van der Waals surface area contributed by atoms with Crippen molar-refractivity contribution in [2.45, 2.75) is 49.4 Å². The molecule has 0 spiro atoms. The lowest BCUT2D eigenvalue weighted by Crippen LogP contribution is -2.33. The Bertz CT molecular complexity index is 2160. The zero-order valence-electron chi connectivity index (χ0n) is 25.6. The standard InChI is InChI=1S/C20H28N10O18P4/c21-16-12-18(25-4-23-16)29(6-27-12)11-1-8(31)9(44-11)2-42-49(34,35)46-51(38,39)48-52(40,41)47-50(36,37)43-3-10-14(32)15(33)20(45-10)30-7-28-13-17(22)24-5-26-19(13)30/h4-11,14-15,20,31-33H,1-3H2,(H,34,35)(H,36,37)(H,38,39)(H,40,41)(H2,21,23,25)(H2,22,24,26)/t8-,9+,10+,11+,14+,15+,20+/m0/s1. The number of anilines is 2. The van der Waals surface area contributed by atoms with E-state index in [1.165, 1.54) is 15.5 Å². The third-order valence-electron chi connectivity index (χ3n) is 7.32. The maximum atomic E-state index is 12.4. The third-order valence-corrected chi connectivity index (χ3v) is 13.2. The molecule has 2 fully saturated rings. The van der Waals surface area contributed by atoms with E-state index < -0.39 is 87.5 Å². The lowest BCUT2D eigenvalue weighted by atomic mass is 10.1. The van der Waals surface area contributed by atoms with Crippen LogP contribution in [0.15, 0.2) is 25.3 Å². The van der Waals surface area contributed by atoms with E-state index in [1.54, 1.807) is 0 Å². The van der Waals surface area contributed by atoms with Gasteiger partial charge >= 0.3 is 31.3 Å². The van der Waals surface area contributed by atoms with Crippen LogP contribution in [0.5, 0.6) is 0 Å². The molecule has 286 valence electrons. The van der Waals surface area contributed by atoms with Crippen molar-refractivity contribution in [1.82, 2.24) is 39.0 Å². The fourth-order valence-corrected chi connectivity index (χ4v) is 10.0. The second kappa shape index (κ2) is 14.4. The fourth-order valence-electron chi connectivity index (χ4n) is 5.07. The van der Waals surface area contributed by atoms with Crippen molar-refractivity contribution in [2.75, 3.05) is 24.7 Å². The molecular weight excluding hydrogens is 792 g/mol. The van der Waals surface area contributed by atoms with Crippen LogP contribution >= 0.6 is 31.3 Å². The highest BCUT2D eigenvalue weighted by molar-refractivity contribution is 7.69. The zero-order valence-corrected chi connectivity index (χ0v) is 29.2. The number of aliphatic hydroxyl groups is 3. The molecule has 2 saturated heterocycles. The molecule has 6 rings (SSSR count). The normalized spacial score (nSPS) is 29.9. The Labute approximate surface area is 288 Å². The molecule has 0 radical (unpaired) electrons. The molecule has 4 unspecified atom stereocenters. The van der Waals surface area contributed by atoms with Crippen LogP contribution in [0, 0.1) is 0 Å². The Hall–Kier alpha value is -2.94. The number of rotatable bonds is 14. The summed E-state index contributed by atoms with van der Waals surface area (Å²) in [6.45, 7) is -2.03. The molecule has 28 nitrogen and oxygen atoms in total. The molecule has 6 heterocycles. The summed E-state index contributed by atoms with van der Waals surface area (Å²) in [6, 6.07) is 0. The predicted octanol–water partition coefficient (Wildman–Crippen LogP) is -1.42. The summed E-state index contributed by atoms with van der Waals surface area (Å²) in [5, 5.41) is 31.3. The molecular formula is C20H28N10O18P4. The number of imidazole rings is 2. The first kappa shape index (κ1) is 38.8. The van der Waals surface area contributed by atoms with Crippen LogP contribution in [0.1, 0.15) is 18.9 Å². The van der Waals surface area contributed by atoms with E-state index in [2.05, 4.69) is 51.9 Å². The number of aromatic nitrogens is 8. The molecule has 52 heavy (non-hydrogen) atoms. The number of fused-ring (bicyclic) bond motifs is 2. The molecule has 11 atom stereocenters. The molecule has 4 aromatic heterocycles. The van der Waals surface area contributed by atoms with Gasteiger partial charge in [0.15, 0.2) is 29.2 Å². The van der Waals surface area contributed by atoms with Crippen molar-refractivity contribution in [3.05, 3.63) is 25.3 Å². The molecule has 32 heteroatoms. The first-order valence-electron chi connectivity index (χ1n) is 14.2. The topological polar surface area (TPSA) is 414 Å². The Morgan fingerprint density at radius 2 is 1.15 bits per heavy atom. The molecule has 0 amide bonds. The van der Waals surface area contributed by atoms with Crippen molar-refractivity contribution >= 4 is 65.3 Å². The van der Waals surface area contributed by atoms with Crippen LogP contribution in [-0.2, 0) is 49.7 Å². The highest BCUT2D eigenvalue weighted by Gasteiger charge is 2.49. The second-order valence-corrected chi connectivity index (χ2v) is 17.1. The third kappa shape index (κ3) is 8.39. The quantitative estimate of drug-likeness (QED) is 0.0659. The van der Waals surface area contributed by atoms with Crippen molar-refractivity contribution in [3.8, 4) is 0 Å². The average Bonchev–Trinajstić information content (AvgIpc) is 3.80. The molecule has 4 aromatic rings. The van der Waals surface area contributed by atoms with E-state index in [-0.39, 0.29) is 40.4 Å². The summed E-state index contributed by atoms with van der Waals surface area (Å²) in [7, 11) is -23.7. The second-order valence-electron chi connectivity index (χ2n) is 10.9. The van der Waals surface area contributed by atoms with Gasteiger partial charge < -0.3 is 55.8 Å². The van der Waals surface area contributed by atoms with E-state index in [0.29, 0.717) is 0 Å². The van der Waals surface area contributed by atoms with Gasteiger partial charge in [-0.05, 0) is 0 Å². The van der Waals surface area contributed by atoms with Gasteiger partial charge in [0.1, 0.15) is 54.3 Å². The predicted molar refractivity (Wildman–Crippen MR) is 164 cm³/mol. The van der Waals surface area contributed by atoms with E-state index in [4.69, 9.17) is 20.9 Å². The largest absolute Gasteiger partial charge is 0.490 e. The Morgan fingerprint density at radius 3 is 1.71 bits per heavy atom. The van der Waals surface area contributed by atoms with Crippen LogP contribution in [0.3, 0.4) is 0 Å². The Morgan fingerprint density at radius 1 is 0.673 bits per heavy atom. The van der Waals surface area contributed by atoms with Crippen molar-refractivity contribution < 1.29 is 84.6 Å². The first-order valence-corrected chi connectivity index (χ1v) is 20.2. The number of phosphoric ester groups is 2. The molecule has 11 N–H and O–H groups in total. The fraction of sp³-hybridized carbons (Fsp3) is 0.500. The van der Waals surface area contributed by atoms with Gasteiger partial charge in [0.2, 0.25) is 0 Å². The maximum Gasteiger partial charge on any atom is 0.490 e. The summed E-state index contributed by atoms with van der Waals surface area (Å²) in [5.74, 6) is 0.0639. The molecule has 0 aromatic carbocycles. The van der Waals surface area contributed by atoms with Crippen LogP contribution in [-0.4, -0.2) is 118 Å². The van der Waals surface area contributed by atoms with Crippen LogP contribution in [0.2, 0.25) is 0 Å². The van der Waals surface area contributed by atoms with E-state index in [9.17, 15) is 53.2 Å². The monoisotopic (exact) mass is 820 g/mol. The number of nitrogens with zero attached hydrogens (tertiary/aromatic N) is 8. The molecule has 0 saturated carbocycles.